The van der Waals surface area contributed by atoms with Gasteiger partial charge in [0.2, 0.25) is 0 Å². The van der Waals surface area contributed by atoms with Gasteiger partial charge in [0.25, 0.3) is 11.8 Å². The fourth-order valence-corrected chi connectivity index (χ4v) is 6.17. The molecule has 230 valence electrons. The maximum atomic E-state index is 13.8. The van der Waals surface area contributed by atoms with Crippen LogP contribution < -0.4 is 10.1 Å². The number of thiazole rings is 1. The molecule has 2 heterocycles. The average Bonchev–Trinajstić information content (AvgIpc) is 3.56. The fourth-order valence-electron chi connectivity index (χ4n) is 5.21. The summed E-state index contributed by atoms with van der Waals surface area (Å²) in [5.74, 6) is -0.386. The first kappa shape index (κ1) is 31.9. The minimum Gasteiger partial charge on any atom is -0.486 e. The number of hydrogen-bond acceptors (Lipinski definition) is 7. The van der Waals surface area contributed by atoms with Crippen molar-refractivity contribution in [2.45, 2.75) is 32.5 Å². The Kier molecular flexibility index (Phi) is 10.2. The Labute approximate surface area is 271 Å². The molecular weight excluding hydrogens is 619 g/mol. The number of fused-ring (bicyclic) bond motifs is 1. The fraction of sp³-hybridized carbons (Fsp3) is 0.303. The number of hydrogen-bond donors (Lipinski definition) is 2. The van der Waals surface area contributed by atoms with Crippen molar-refractivity contribution in [3.8, 4) is 16.3 Å². The van der Waals surface area contributed by atoms with Crippen molar-refractivity contribution in [2.24, 2.45) is 5.92 Å². The van der Waals surface area contributed by atoms with Gasteiger partial charge in [-0.05, 0) is 55.9 Å². The summed E-state index contributed by atoms with van der Waals surface area (Å²) in [4.78, 5) is 35.3. The number of carbonyl (C=O) groups is 2. The predicted molar refractivity (Wildman–Crippen MR) is 176 cm³/mol. The number of ether oxygens (including phenoxy) is 1. The lowest BCUT2D eigenvalue weighted by Gasteiger charge is -2.38. The molecule has 1 aliphatic rings. The van der Waals surface area contributed by atoms with Crippen molar-refractivity contribution in [1.82, 2.24) is 14.8 Å². The summed E-state index contributed by atoms with van der Waals surface area (Å²) >= 11 is 13.9. The Morgan fingerprint density at radius 3 is 2.64 bits per heavy atom. The summed E-state index contributed by atoms with van der Waals surface area (Å²) in [6, 6.07) is 17.5. The molecular formula is C33H34Cl2N4O4S. The van der Waals surface area contributed by atoms with Crippen molar-refractivity contribution < 1.29 is 19.4 Å². The molecule has 8 nitrogen and oxygen atoms in total. The minimum atomic E-state index is -0.403. The highest BCUT2D eigenvalue weighted by atomic mass is 35.5. The third-order valence-corrected chi connectivity index (χ3v) is 9.26. The van der Waals surface area contributed by atoms with Crippen molar-refractivity contribution in [3.63, 3.8) is 0 Å². The van der Waals surface area contributed by atoms with E-state index in [0.29, 0.717) is 52.2 Å². The van der Waals surface area contributed by atoms with Gasteiger partial charge in [-0.3, -0.25) is 14.5 Å². The van der Waals surface area contributed by atoms with E-state index in [2.05, 4.69) is 15.2 Å². The van der Waals surface area contributed by atoms with Crippen LogP contribution in [0.1, 0.15) is 40.1 Å². The number of rotatable bonds is 9. The zero-order chi connectivity index (χ0) is 31.4. The lowest BCUT2D eigenvalue weighted by Crippen LogP contribution is -2.49. The molecule has 0 spiro atoms. The van der Waals surface area contributed by atoms with Gasteiger partial charge in [-0.25, -0.2) is 4.98 Å². The zero-order valence-electron chi connectivity index (χ0n) is 24.7. The third kappa shape index (κ3) is 7.25. The van der Waals surface area contributed by atoms with Crippen LogP contribution in [0.25, 0.3) is 10.6 Å². The van der Waals surface area contributed by atoms with Gasteiger partial charge in [0.1, 0.15) is 11.1 Å². The number of aromatic nitrogens is 1. The Morgan fingerprint density at radius 1 is 1.18 bits per heavy atom. The molecule has 0 fully saturated rings. The molecule has 3 atom stereocenters. The van der Waals surface area contributed by atoms with Gasteiger partial charge in [-0.1, -0.05) is 54.4 Å². The molecule has 11 heteroatoms. The van der Waals surface area contributed by atoms with E-state index in [4.69, 9.17) is 27.9 Å². The van der Waals surface area contributed by atoms with Gasteiger partial charge in [-0.2, -0.15) is 0 Å². The van der Waals surface area contributed by atoms with E-state index in [9.17, 15) is 14.7 Å². The van der Waals surface area contributed by atoms with E-state index in [1.54, 1.807) is 47.5 Å². The molecule has 3 aromatic carbocycles. The highest BCUT2D eigenvalue weighted by Gasteiger charge is 2.34. The van der Waals surface area contributed by atoms with Crippen LogP contribution in [0.5, 0.6) is 5.75 Å². The summed E-state index contributed by atoms with van der Waals surface area (Å²) in [7, 11) is 1.99. The van der Waals surface area contributed by atoms with E-state index < -0.39 is 6.04 Å². The number of halogens is 2. The maximum absolute atomic E-state index is 13.8. The molecule has 1 aromatic heterocycles. The van der Waals surface area contributed by atoms with Gasteiger partial charge in [0.05, 0.1) is 33.9 Å². The number of benzene rings is 3. The summed E-state index contributed by atoms with van der Waals surface area (Å²) in [5, 5.41) is 16.7. The van der Waals surface area contributed by atoms with Gasteiger partial charge < -0.3 is 20.1 Å². The Hall–Kier alpha value is -3.47. The van der Waals surface area contributed by atoms with Crippen LogP contribution >= 0.6 is 34.5 Å². The normalized spacial score (nSPS) is 17.4. The summed E-state index contributed by atoms with van der Waals surface area (Å²) in [5.41, 5.74) is 3.11. The van der Waals surface area contributed by atoms with Crippen LogP contribution in [0.15, 0.2) is 72.2 Å². The van der Waals surface area contributed by atoms with Gasteiger partial charge in [0, 0.05) is 48.3 Å². The molecule has 0 saturated carbocycles. The molecule has 0 saturated heterocycles. The molecule has 4 aromatic rings. The number of anilines is 1. The summed E-state index contributed by atoms with van der Waals surface area (Å²) in [6.07, 6.45) is 1.39. The number of aliphatic hydroxyl groups excluding tert-OH is 1. The number of nitrogens with one attached hydrogen (secondary N) is 1. The quantitative estimate of drug-likeness (QED) is 0.208. The first-order chi connectivity index (χ1) is 21.1. The highest BCUT2D eigenvalue weighted by molar-refractivity contribution is 7.13. The van der Waals surface area contributed by atoms with Gasteiger partial charge >= 0.3 is 0 Å². The second kappa shape index (κ2) is 14.1. The number of aliphatic hydroxyl groups is 1. The molecule has 0 unspecified atom stereocenters. The summed E-state index contributed by atoms with van der Waals surface area (Å²) < 4.78 is 6.65. The smallest absolute Gasteiger partial charge is 0.258 e. The molecule has 0 radical (unpaired) electrons. The van der Waals surface area contributed by atoms with Crippen molar-refractivity contribution >= 4 is 52.0 Å². The molecule has 0 bridgehead atoms. The molecule has 1 aliphatic heterocycles. The Bertz CT molecular complexity index is 1620. The minimum absolute atomic E-state index is 0.0977. The van der Waals surface area contributed by atoms with Crippen LogP contribution in [-0.2, 0) is 6.54 Å². The Morgan fingerprint density at radius 2 is 1.95 bits per heavy atom. The van der Waals surface area contributed by atoms with Crippen molar-refractivity contribution in [3.05, 3.63) is 99.0 Å². The monoisotopic (exact) mass is 652 g/mol. The van der Waals surface area contributed by atoms with Gasteiger partial charge in [-0.15, -0.1) is 11.3 Å². The first-order valence-corrected chi connectivity index (χ1v) is 15.9. The van der Waals surface area contributed by atoms with Crippen LogP contribution in [0.4, 0.5) is 5.69 Å². The Balaban J connectivity index is 1.43. The van der Waals surface area contributed by atoms with Crippen LogP contribution in [0.3, 0.4) is 0 Å². The highest BCUT2D eigenvalue weighted by Crippen LogP contribution is 2.35. The van der Waals surface area contributed by atoms with Crippen LogP contribution in [0.2, 0.25) is 10.0 Å². The summed E-state index contributed by atoms with van der Waals surface area (Å²) in [6.45, 7) is 5.19. The SMILES string of the molecule is C[C@H]1CN([C@@H](C)CO)C(=O)c2cccc(NC(=O)c3ccc(-c4nccs4)cc3)c2O[C@@H]1CN(C)Cc1ccc(Cl)c(Cl)c1. The molecule has 44 heavy (non-hydrogen) atoms. The van der Waals surface area contributed by atoms with E-state index in [0.717, 1.165) is 16.1 Å². The largest absolute Gasteiger partial charge is 0.486 e. The van der Waals surface area contributed by atoms with E-state index in [1.165, 1.54) is 11.3 Å². The second-order valence-electron chi connectivity index (χ2n) is 11.1. The predicted octanol–water partition coefficient (Wildman–Crippen LogP) is 6.72. The lowest BCUT2D eigenvalue weighted by molar-refractivity contribution is 0.0343. The van der Waals surface area contributed by atoms with Crippen LogP contribution in [-0.4, -0.2) is 70.6 Å². The van der Waals surface area contributed by atoms with E-state index in [1.807, 2.05) is 50.5 Å². The van der Waals surface area contributed by atoms with Crippen LogP contribution in [0, 0.1) is 5.92 Å². The van der Waals surface area contributed by atoms with E-state index >= 15 is 0 Å². The molecule has 5 rings (SSSR count). The van der Waals surface area contributed by atoms with Crippen molar-refractivity contribution in [1.29, 1.82) is 0 Å². The number of amides is 2. The van der Waals surface area contributed by atoms with Gasteiger partial charge in [0.15, 0.2) is 5.75 Å². The number of para-hydroxylation sites is 1. The van der Waals surface area contributed by atoms with Crippen molar-refractivity contribution in [2.75, 3.05) is 32.1 Å². The maximum Gasteiger partial charge on any atom is 0.258 e. The first-order valence-electron chi connectivity index (χ1n) is 14.3. The lowest BCUT2D eigenvalue weighted by atomic mass is 9.98. The average molecular weight is 654 g/mol. The zero-order valence-corrected chi connectivity index (χ0v) is 27.0. The van der Waals surface area contributed by atoms with E-state index in [-0.39, 0.29) is 30.4 Å². The molecule has 2 amide bonds. The number of likely N-dealkylation sites (N-methyl/N-ethyl adjacent to an activating group) is 1. The topological polar surface area (TPSA) is 95.0 Å². The number of carbonyl (C=O) groups excluding carboxylic acids is 2. The standard InChI is InChI=1S/C33H34Cl2N4O4S/c1-20-16-39(21(2)19-40)33(42)25-5-4-6-28(37-31(41)23-8-10-24(11-9-23)32-36-13-14-44-32)30(25)43-29(20)18-38(3)17-22-7-12-26(34)27(35)15-22/h4-15,20-21,29,40H,16-19H2,1-3H3,(H,37,41)/t20-,21-,29+/m0/s1. The number of nitrogens with zero attached hydrogens (tertiary/aromatic N) is 3. The molecule has 2 N–H and O–H groups in total. The molecule has 0 aliphatic carbocycles. The third-order valence-electron chi connectivity index (χ3n) is 7.69. The second-order valence-corrected chi connectivity index (χ2v) is 12.8.